The average Bonchev–Trinajstić information content (AvgIpc) is 2.66. The SMILES string of the molecule is CNCC1CCCCC1c1ccsc1C. The molecule has 0 bridgehead atoms. The second kappa shape index (κ2) is 5.13. The molecule has 1 aromatic rings. The molecule has 0 aromatic carbocycles. The molecule has 1 N–H and O–H groups in total. The Bertz CT molecular complexity index is 303. The van der Waals surface area contributed by atoms with Crippen molar-refractivity contribution in [2.45, 2.75) is 38.5 Å². The summed E-state index contributed by atoms with van der Waals surface area (Å²) in [6.45, 7) is 3.45. The van der Waals surface area contributed by atoms with E-state index in [0.717, 1.165) is 11.8 Å². The first-order valence-electron chi connectivity index (χ1n) is 6.01. The van der Waals surface area contributed by atoms with Gasteiger partial charge in [-0.2, -0.15) is 0 Å². The van der Waals surface area contributed by atoms with Gasteiger partial charge in [-0.25, -0.2) is 0 Å². The van der Waals surface area contributed by atoms with Crippen LogP contribution in [-0.4, -0.2) is 13.6 Å². The van der Waals surface area contributed by atoms with Gasteiger partial charge in [0.1, 0.15) is 0 Å². The summed E-state index contributed by atoms with van der Waals surface area (Å²) in [6.07, 6.45) is 5.64. The Hall–Kier alpha value is -0.340. The largest absolute Gasteiger partial charge is 0.319 e. The summed E-state index contributed by atoms with van der Waals surface area (Å²) in [5, 5.41) is 5.60. The molecule has 0 spiro atoms. The van der Waals surface area contributed by atoms with Crippen LogP contribution in [0.4, 0.5) is 0 Å². The average molecular weight is 223 g/mol. The molecule has 2 atom stereocenters. The van der Waals surface area contributed by atoms with E-state index in [0.29, 0.717) is 0 Å². The molecule has 15 heavy (non-hydrogen) atoms. The zero-order valence-electron chi connectivity index (χ0n) is 9.75. The maximum atomic E-state index is 3.35. The Morgan fingerprint density at radius 3 is 2.87 bits per heavy atom. The normalized spacial score (nSPS) is 26.8. The lowest BCUT2D eigenvalue weighted by Crippen LogP contribution is -2.27. The molecular formula is C13H21NS. The van der Waals surface area contributed by atoms with Crippen LogP contribution < -0.4 is 5.32 Å². The minimum atomic E-state index is 0.817. The zero-order chi connectivity index (χ0) is 10.7. The fourth-order valence-electron chi connectivity index (χ4n) is 2.90. The molecular weight excluding hydrogens is 202 g/mol. The summed E-state index contributed by atoms with van der Waals surface area (Å²) in [7, 11) is 2.08. The summed E-state index contributed by atoms with van der Waals surface area (Å²) >= 11 is 1.90. The van der Waals surface area contributed by atoms with Crippen LogP contribution in [0.3, 0.4) is 0 Å². The second-order valence-corrected chi connectivity index (χ2v) is 5.76. The van der Waals surface area contributed by atoms with Crippen molar-refractivity contribution >= 4 is 11.3 Å². The van der Waals surface area contributed by atoms with Crippen LogP contribution in [0, 0.1) is 12.8 Å². The van der Waals surface area contributed by atoms with Crippen molar-refractivity contribution in [3.05, 3.63) is 21.9 Å². The third-order valence-electron chi connectivity index (χ3n) is 3.67. The summed E-state index contributed by atoms with van der Waals surface area (Å²) in [4.78, 5) is 1.53. The highest BCUT2D eigenvalue weighted by molar-refractivity contribution is 7.10. The van der Waals surface area contributed by atoms with Crippen LogP contribution in [0.25, 0.3) is 0 Å². The van der Waals surface area contributed by atoms with E-state index >= 15 is 0 Å². The summed E-state index contributed by atoms with van der Waals surface area (Å²) in [5.41, 5.74) is 1.62. The smallest absolute Gasteiger partial charge is 0.00491 e. The molecule has 2 rings (SSSR count). The Balaban J connectivity index is 2.14. The molecule has 1 aromatic heterocycles. The number of thiophene rings is 1. The van der Waals surface area contributed by atoms with E-state index in [-0.39, 0.29) is 0 Å². The molecule has 2 heteroatoms. The fourth-order valence-corrected chi connectivity index (χ4v) is 3.68. The van der Waals surface area contributed by atoms with Crippen molar-refractivity contribution in [1.29, 1.82) is 0 Å². The number of aryl methyl sites for hydroxylation is 1. The summed E-state index contributed by atoms with van der Waals surface area (Å²) in [6, 6.07) is 2.35. The minimum Gasteiger partial charge on any atom is -0.319 e. The first-order valence-corrected chi connectivity index (χ1v) is 6.89. The monoisotopic (exact) mass is 223 g/mol. The standard InChI is InChI=1S/C13H21NS/c1-10-12(7-8-15-10)13-6-4-3-5-11(13)9-14-2/h7-8,11,13-14H,3-6,9H2,1-2H3. The highest BCUT2D eigenvalue weighted by atomic mass is 32.1. The molecule has 1 nitrogen and oxygen atoms in total. The van der Waals surface area contributed by atoms with Gasteiger partial charge in [0.15, 0.2) is 0 Å². The fraction of sp³-hybridized carbons (Fsp3) is 0.692. The van der Waals surface area contributed by atoms with E-state index in [1.54, 1.807) is 5.56 Å². The molecule has 0 amide bonds. The van der Waals surface area contributed by atoms with Crippen molar-refractivity contribution in [3.8, 4) is 0 Å². The molecule has 0 aliphatic heterocycles. The van der Waals surface area contributed by atoms with Gasteiger partial charge < -0.3 is 5.32 Å². The molecule has 84 valence electrons. The lowest BCUT2D eigenvalue weighted by atomic mass is 9.75. The number of hydrogen-bond acceptors (Lipinski definition) is 2. The maximum absolute atomic E-state index is 3.35. The van der Waals surface area contributed by atoms with Crippen LogP contribution in [0.1, 0.15) is 42.0 Å². The topological polar surface area (TPSA) is 12.0 Å². The predicted molar refractivity (Wildman–Crippen MR) is 67.7 cm³/mol. The van der Waals surface area contributed by atoms with Gasteiger partial charge in [0.2, 0.25) is 0 Å². The van der Waals surface area contributed by atoms with Crippen LogP contribution >= 0.6 is 11.3 Å². The van der Waals surface area contributed by atoms with Crippen LogP contribution in [0.5, 0.6) is 0 Å². The zero-order valence-corrected chi connectivity index (χ0v) is 10.6. The van der Waals surface area contributed by atoms with Gasteiger partial charge >= 0.3 is 0 Å². The summed E-state index contributed by atoms with van der Waals surface area (Å²) in [5.74, 6) is 1.68. The van der Waals surface area contributed by atoms with Gasteiger partial charge in [0.25, 0.3) is 0 Å². The van der Waals surface area contributed by atoms with E-state index in [2.05, 4.69) is 30.7 Å². The van der Waals surface area contributed by atoms with Gasteiger partial charge in [-0.1, -0.05) is 12.8 Å². The second-order valence-electron chi connectivity index (χ2n) is 4.64. The van der Waals surface area contributed by atoms with E-state index in [9.17, 15) is 0 Å². The van der Waals surface area contributed by atoms with Gasteiger partial charge in [-0.05, 0) is 62.2 Å². The van der Waals surface area contributed by atoms with Gasteiger partial charge in [-0.15, -0.1) is 11.3 Å². The van der Waals surface area contributed by atoms with E-state index in [1.807, 2.05) is 11.3 Å². The lowest BCUT2D eigenvalue weighted by molar-refractivity contribution is 0.301. The van der Waals surface area contributed by atoms with Gasteiger partial charge in [0, 0.05) is 4.88 Å². The van der Waals surface area contributed by atoms with E-state index in [1.165, 1.54) is 37.1 Å². The highest BCUT2D eigenvalue weighted by Crippen LogP contribution is 2.39. The summed E-state index contributed by atoms with van der Waals surface area (Å²) < 4.78 is 0. The maximum Gasteiger partial charge on any atom is 0.00491 e. The van der Waals surface area contributed by atoms with Gasteiger partial charge in [0.05, 0.1) is 0 Å². The Labute approximate surface area is 96.9 Å². The van der Waals surface area contributed by atoms with Crippen LogP contribution in [0.2, 0.25) is 0 Å². The van der Waals surface area contributed by atoms with Crippen molar-refractivity contribution in [3.63, 3.8) is 0 Å². The number of nitrogens with one attached hydrogen (secondary N) is 1. The first-order chi connectivity index (χ1) is 7.33. The van der Waals surface area contributed by atoms with Crippen molar-refractivity contribution in [1.82, 2.24) is 5.32 Å². The molecule has 1 aliphatic rings. The lowest BCUT2D eigenvalue weighted by Gasteiger charge is -2.31. The Kier molecular flexibility index (Phi) is 3.81. The van der Waals surface area contributed by atoms with Gasteiger partial charge in [-0.3, -0.25) is 0 Å². The molecule has 0 saturated heterocycles. The number of rotatable bonds is 3. The molecule has 1 aliphatic carbocycles. The van der Waals surface area contributed by atoms with E-state index < -0.39 is 0 Å². The van der Waals surface area contributed by atoms with Crippen molar-refractivity contribution in [2.24, 2.45) is 5.92 Å². The predicted octanol–water partition coefficient (Wildman–Crippen LogP) is 3.55. The minimum absolute atomic E-state index is 0.817. The Morgan fingerprint density at radius 2 is 2.20 bits per heavy atom. The molecule has 1 saturated carbocycles. The van der Waals surface area contributed by atoms with Crippen molar-refractivity contribution < 1.29 is 0 Å². The molecule has 1 fully saturated rings. The molecule has 1 heterocycles. The third-order valence-corrected chi connectivity index (χ3v) is 4.54. The van der Waals surface area contributed by atoms with Crippen LogP contribution in [0.15, 0.2) is 11.4 Å². The quantitative estimate of drug-likeness (QED) is 0.826. The van der Waals surface area contributed by atoms with Crippen molar-refractivity contribution in [2.75, 3.05) is 13.6 Å². The Morgan fingerprint density at radius 1 is 1.40 bits per heavy atom. The number of hydrogen-bond donors (Lipinski definition) is 1. The van der Waals surface area contributed by atoms with E-state index in [4.69, 9.17) is 0 Å². The van der Waals surface area contributed by atoms with Crippen LogP contribution in [-0.2, 0) is 0 Å². The highest BCUT2D eigenvalue weighted by Gasteiger charge is 2.27. The molecule has 2 unspecified atom stereocenters. The third kappa shape index (κ3) is 2.43. The molecule has 0 radical (unpaired) electrons. The first kappa shape index (κ1) is 11.2.